The lowest BCUT2D eigenvalue weighted by Crippen LogP contribution is -2.07. The predicted molar refractivity (Wildman–Crippen MR) is 77.9 cm³/mol. The van der Waals surface area contributed by atoms with Crippen LogP contribution in [0.1, 0.15) is 41.6 Å². The fourth-order valence-corrected chi connectivity index (χ4v) is 2.58. The van der Waals surface area contributed by atoms with E-state index >= 15 is 0 Å². The molecule has 1 saturated carbocycles. The summed E-state index contributed by atoms with van der Waals surface area (Å²) in [6.45, 7) is 3.96. The van der Waals surface area contributed by atoms with Crippen LogP contribution >= 0.6 is 0 Å². The number of hydrogen-bond acceptors (Lipinski definition) is 2. The number of methoxy groups -OCH3 is 1. The minimum absolute atomic E-state index is 0.168. The minimum Gasteiger partial charge on any atom is -0.465 e. The van der Waals surface area contributed by atoms with Crippen molar-refractivity contribution in [3.8, 4) is 0 Å². The molecule has 2 nitrogen and oxygen atoms in total. The smallest absolute Gasteiger partial charge is 0.337 e. The Morgan fingerprint density at radius 3 is 2.42 bits per heavy atom. The van der Waals surface area contributed by atoms with E-state index in [1.165, 1.54) is 32.8 Å². The van der Waals surface area contributed by atoms with E-state index in [2.05, 4.69) is 29.5 Å². The number of ether oxygens (including phenoxy) is 1. The summed E-state index contributed by atoms with van der Waals surface area (Å²) in [6, 6.07) is 7.46. The molecule has 1 aromatic rings. The molecule has 0 saturated heterocycles. The largest absolute Gasteiger partial charge is 0.465 e. The molecule has 1 fully saturated rings. The minimum atomic E-state index is -0.297. The van der Waals surface area contributed by atoms with Crippen LogP contribution in [0.15, 0.2) is 43.0 Å². The molecule has 0 aliphatic heterocycles. The number of benzene rings is 1. The number of carbonyl (C=O) groups excluding carboxylic acids is 1. The van der Waals surface area contributed by atoms with Crippen molar-refractivity contribution in [1.82, 2.24) is 0 Å². The molecule has 1 aliphatic carbocycles. The van der Waals surface area contributed by atoms with Gasteiger partial charge in [-0.3, -0.25) is 0 Å². The van der Waals surface area contributed by atoms with Crippen LogP contribution in [0.25, 0.3) is 6.08 Å². The molecule has 0 amide bonds. The first kappa shape index (κ1) is 13.6. The third-order valence-electron chi connectivity index (χ3n) is 3.88. The van der Waals surface area contributed by atoms with Gasteiger partial charge in [-0.15, -0.1) is 6.58 Å². The van der Waals surface area contributed by atoms with Gasteiger partial charge in [-0.2, -0.15) is 0 Å². The predicted octanol–water partition coefficient (Wildman–Crippen LogP) is 4.23. The second-order valence-corrected chi connectivity index (χ2v) is 5.09. The lowest BCUT2D eigenvalue weighted by molar-refractivity contribution is 0.0601. The second kappa shape index (κ2) is 5.87. The van der Waals surface area contributed by atoms with Crippen molar-refractivity contribution in [3.05, 3.63) is 54.1 Å². The van der Waals surface area contributed by atoms with Crippen molar-refractivity contribution in [2.75, 3.05) is 7.11 Å². The van der Waals surface area contributed by atoms with Crippen molar-refractivity contribution < 1.29 is 9.53 Å². The van der Waals surface area contributed by atoms with Crippen LogP contribution in [0.3, 0.4) is 0 Å². The summed E-state index contributed by atoms with van der Waals surface area (Å²) >= 11 is 0. The molecule has 0 atom stereocenters. The zero-order valence-electron chi connectivity index (χ0n) is 11.4. The molecule has 0 radical (unpaired) electrons. The Hall–Kier alpha value is -1.83. The third kappa shape index (κ3) is 3.14. The highest BCUT2D eigenvalue weighted by Crippen LogP contribution is 2.40. The molecule has 1 aliphatic rings. The van der Waals surface area contributed by atoms with Gasteiger partial charge in [-0.25, -0.2) is 4.79 Å². The Bertz CT molecular complexity index is 476. The normalized spacial score (nSPS) is 17.5. The SMILES string of the molecule is C=CC1(/C=C/c2ccc(C(=O)OC)cc2)CCCC1. The molecule has 0 N–H and O–H groups in total. The van der Waals surface area contributed by atoms with Crippen molar-refractivity contribution in [2.45, 2.75) is 25.7 Å². The molecule has 1 aromatic carbocycles. The van der Waals surface area contributed by atoms with Crippen LogP contribution in [0.2, 0.25) is 0 Å². The van der Waals surface area contributed by atoms with Crippen LogP contribution in [-0.2, 0) is 4.74 Å². The molecular weight excluding hydrogens is 236 g/mol. The maximum Gasteiger partial charge on any atom is 0.337 e. The summed E-state index contributed by atoms with van der Waals surface area (Å²) in [4.78, 5) is 11.3. The number of hydrogen-bond donors (Lipinski definition) is 0. The fraction of sp³-hybridized carbons (Fsp3) is 0.353. The molecule has 0 bridgehead atoms. The molecule has 100 valence electrons. The van der Waals surface area contributed by atoms with E-state index in [1.807, 2.05) is 12.1 Å². The van der Waals surface area contributed by atoms with E-state index in [0.29, 0.717) is 5.56 Å². The van der Waals surface area contributed by atoms with Crippen LogP contribution in [0.4, 0.5) is 0 Å². The number of rotatable bonds is 4. The fourth-order valence-electron chi connectivity index (χ4n) is 2.58. The van der Waals surface area contributed by atoms with E-state index < -0.39 is 0 Å². The lowest BCUT2D eigenvalue weighted by Gasteiger charge is -2.19. The average Bonchev–Trinajstić information content (AvgIpc) is 2.94. The van der Waals surface area contributed by atoms with Gasteiger partial charge in [0.05, 0.1) is 12.7 Å². The van der Waals surface area contributed by atoms with Gasteiger partial charge in [-0.05, 0) is 30.5 Å². The van der Waals surface area contributed by atoms with Crippen molar-refractivity contribution >= 4 is 12.0 Å². The number of esters is 1. The molecule has 0 unspecified atom stereocenters. The topological polar surface area (TPSA) is 26.3 Å². The summed E-state index contributed by atoms with van der Waals surface area (Å²) in [7, 11) is 1.39. The highest BCUT2D eigenvalue weighted by atomic mass is 16.5. The molecule has 2 heteroatoms. The van der Waals surface area contributed by atoms with E-state index in [9.17, 15) is 4.79 Å². The Labute approximate surface area is 114 Å². The molecule has 2 rings (SSSR count). The van der Waals surface area contributed by atoms with Crippen LogP contribution in [-0.4, -0.2) is 13.1 Å². The van der Waals surface area contributed by atoms with Gasteiger partial charge in [0, 0.05) is 5.41 Å². The van der Waals surface area contributed by atoms with Crippen LogP contribution in [0.5, 0.6) is 0 Å². The van der Waals surface area contributed by atoms with Gasteiger partial charge < -0.3 is 4.74 Å². The van der Waals surface area contributed by atoms with Gasteiger partial charge in [0.2, 0.25) is 0 Å². The summed E-state index contributed by atoms with van der Waals surface area (Å²) in [5, 5.41) is 0. The van der Waals surface area contributed by atoms with Gasteiger partial charge in [0.1, 0.15) is 0 Å². The zero-order valence-corrected chi connectivity index (χ0v) is 11.4. The Balaban J connectivity index is 2.11. The van der Waals surface area contributed by atoms with Gasteiger partial charge >= 0.3 is 5.97 Å². The number of allylic oxidation sites excluding steroid dienone is 2. The van der Waals surface area contributed by atoms with Crippen molar-refractivity contribution in [3.63, 3.8) is 0 Å². The summed E-state index contributed by atoms with van der Waals surface area (Å²) in [5.41, 5.74) is 1.85. The van der Waals surface area contributed by atoms with Gasteiger partial charge in [-0.1, -0.05) is 43.2 Å². The first-order valence-electron chi connectivity index (χ1n) is 6.70. The highest BCUT2D eigenvalue weighted by Gasteiger charge is 2.27. The van der Waals surface area contributed by atoms with Crippen LogP contribution < -0.4 is 0 Å². The Kier molecular flexibility index (Phi) is 4.20. The summed E-state index contributed by atoms with van der Waals surface area (Å²) in [5.74, 6) is -0.297. The molecule has 0 aromatic heterocycles. The second-order valence-electron chi connectivity index (χ2n) is 5.09. The van der Waals surface area contributed by atoms with E-state index in [1.54, 1.807) is 12.1 Å². The monoisotopic (exact) mass is 256 g/mol. The summed E-state index contributed by atoms with van der Waals surface area (Å²) in [6.07, 6.45) is 11.4. The lowest BCUT2D eigenvalue weighted by atomic mass is 9.85. The summed E-state index contributed by atoms with van der Waals surface area (Å²) < 4.78 is 4.68. The third-order valence-corrected chi connectivity index (χ3v) is 3.88. The number of carbonyl (C=O) groups is 1. The zero-order chi connectivity index (χ0) is 13.7. The molecule has 0 spiro atoms. The maximum absolute atomic E-state index is 11.3. The van der Waals surface area contributed by atoms with Gasteiger partial charge in [0.25, 0.3) is 0 Å². The van der Waals surface area contributed by atoms with Crippen molar-refractivity contribution in [2.24, 2.45) is 5.41 Å². The molecule has 19 heavy (non-hydrogen) atoms. The van der Waals surface area contributed by atoms with E-state index in [-0.39, 0.29) is 11.4 Å². The Morgan fingerprint density at radius 2 is 1.89 bits per heavy atom. The van der Waals surface area contributed by atoms with Gasteiger partial charge in [0.15, 0.2) is 0 Å². The maximum atomic E-state index is 11.3. The van der Waals surface area contributed by atoms with E-state index in [4.69, 9.17) is 0 Å². The Morgan fingerprint density at radius 1 is 1.26 bits per heavy atom. The first-order chi connectivity index (χ1) is 9.19. The molecular formula is C17H20O2. The molecule has 0 heterocycles. The van der Waals surface area contributed by atoms with Crippen molar-refractivity contribution in [1.29, 1.82) is 0 Å². The standard InChI is InChI=1S/C17H20O2/c1-3-17(11-4-5-12-17)13-10-14-6-8-15(9-7-14)16(18)19-2/h3,6-10,13H,1,4-5,11-12H2,2H3/b13-10+. The van der Waals surface area contributed by atoms with E-state index in [0.717, 1.165) is 5.56 Å². The average molecular weight is 256 g/mol. The highest BCUT2D eigenvalue weighted by molar-refractivity contribution is 5.89. The quantitative estimate of drug-likeness (QED) is 0.595. The first-order valence-corrected chi connectivity index (χ1v) is 6.70. The van der Waals surface area contributed by atoms with Crippen LogP contribution in [0, 0.1) is 5.41 Å².